The zero-order chi connectivity index (χ0) is 12.6. The Morgan fingerprint density at radius 1 is 1.50 bits per heavy atom. The highest BCUT2D eigenvalue weighted by Crippen LogP contribution is 2.16. The summed E-state index contributed by atoms with van der Waals surface area (Å²) in [6.07, 6.45) is 2.26. The van der Waals surface area contributed by atoms with Gasteiger partial charge < -0.3 is 14.8 Å². The zero-order valence-electron chi connectivity index (χ0n) is 11.0. The first-order chi connectivity index (χ1) is 8.88. The molecule has 1 aliphatic heterocycles. The maximum absolute atomic E-state index is 5.75. The van der Waals surface area contributed by atoms with Crippen molar-refractivity contribution in [1.29, 1.82) is 0 Å². The molecule has 0 unspecified atom stereocenters. The normalized spacial score (nSPS) is 17.2. The predicted octanol–water partition coefficient (Wildman–Crippen LogP) is 2.20. The molecule has 0 saturated carbocycles. The maximum Gasteiger partial charge on any atom is 0.107 e. The van der Waals surface area contributed by atoms with Crippen molar-refractivity contribution in [3.05, 3.63) is 16.1 Å². The molecule has 102 valence electrons. The molecule has 2 heterocycles. The summed E-state index contributed by atoms with van der Waals surface area (Å²) in [5.41, 5.74) is 1.06. The number of nitrogens with one attached hydrogen (secondary N) is 1. The Balaban J connectivity index is 1.64. The highest BCUT2D eigenvalue weighted by Gasteiger charge is 2.13. The second-order valence-corrected chi connectivity index (χ2v) is 5.53. The zero-order valence-corrected chi connectivity index (χ0v) is 11.8. The molecule has 0 amide bonds. The second kappa shape index (κ2) is 7.84. The highest BCUT2D eigenvalue weighted by molar-refractivity contribution is 7.09. The lowest BCUT2D eigenvalue weighted by atomic mass is 10.0. The summed E-state index contributed by atoms with van der Waals surface area (Å²) in [5, 5.41) is 6.51. The van der Waals surface area contributed by atoms with E-state index in [0.717, 1.165) is 56.5 Å². The summed E-state index contributed by atoms with van der Waals surface area (Å²) in [7, 11) is 0. The van der Waals surface area contributed by atoms with Gasteiger partial charge >= 0.3 is 0 Å². The molecular formula is C13H22N2O2S. The van der Waals surface area contributed by atoms with Crippen LogP contribution in [-0.4, -0.2) is 31.3 Å². The molecule has 5 heteroatoms. The third kappa shape index (κ3) is 4.65. The second-order valence-electron chi connectivity index (χ2n) is 4.58. The van der Waals surface area contributed by atoms with Gasteiger partial charge in [-0.25, -0.2) is 4.98 Å². The van der Waals surface area contributed by atoms with E-state index < -0.39 is 0 Å². The first kappa shape index (κ1) is 13.9. The predicted molar refractivity (Wildman–Crippen MR) is 72.7 cm³/mol. The van der Waals surface area contributed by atoms with Gasteiger partial charge in [0.2, 0.25) is 0 Å². The van der Waals surface area contributed by atoms with Crippen LogP contribution in [0.25, 0.3) is 0 Å². The molecular weight excluding hydrogens is 248 g/mol. The highest BCUT2D eigenvalue weighted by atomic mass is 32.1. The van der Waals surface area contributed by atoms with Crippen molar-refractivity contribution in [2.45, 2.75) is 32.9 Å². The average molecular weight is 270 g/mol. The summed E-state index contributed by atoms with van der Waals surface area (Å²) in [4.78, 5) is 4.54. The van der Waals surface area contributed by atoms with Gasteiger partial charge in [0.1, 0.15) is 5.01 Å². The van der Waals surface area contributed by atoms with Crippen LogP contribution in [-0.2, 0) is 22.6 Å². The van der Waals surface area contributed by atoms with Crippen LogP contribution < -0.4 is 5.32 Å². The van der Waals surface area contributed by atoms with Crippen LogP contribution in [0.5, 0.6) is 0 Å². The summed E-state index contributed by atoms with van der Waals surface area (Å²) >= 11 is 1.70. The van der Waals surface area contributed by atoms with Crippen molar-refractivity contribution in [2.75, 3.05) is 26.4 Å². The van der Waals surface area contributed by atoms with Gasteiger partial charge in [-0.05, 0) is 25.3 Å². The fourth-order valence-electron chi connectivity index (χ4n) is 1.97. The number of ether oxygens (including phenoxy) is 2. The van der Waals surface area contributed by atoms with Gasteiger partial charge in [-0.3, -0.25) is 0 Å². The molecule has 4 nitrogen and oxygen atoms in total. The van der Waals surface area contributed by atoms with Crippen LogP contribution in [0.15, 0.2) is 5.38 Å². The first-order valence-corrected chi connectivity index (χ1v) is 7.56. The van der Waals surface area contributed by atoms with Gasteiger partial charge in [-0.2, -0.15) is 0 Å². The number of hydrogen-bond donors (Lipinski definition) is 1. The van der Waals surface area contributed by atoms with Crippen LogP contribution in [0, 0.1) is 5.92 Å². The van der Waals surface area contributed by atoms with Crippen molar-refractivity contribution < 1.29 is 9.47 Å². The Kier molecular flexibility index (Phi) is 6.07. The first-order valence-electron chi connectivity index (χ1n) is 6.68. The number of rotatable bonds is 7. The fourth-order valence-corrected chi connectivity index (χ4v) is 2.72. The Morgan fingerprint density at radius 3 is 3.11 bits per heavy atom. The third-order valence-electron chi connectivity index (χ3n) is 3.07. The van der Waals surface area contributed by atoms with E-state index in [1.54, 1.807) is 11.3 Å². The molecule has 0 atom stereocenters. The molecule has 1 aromatic rings. The number of aromatic nitrogens is 1. The van der Waals surface area contributed by atoms with Gasteiger partial charge in [0, 0.05) is 25.1 Å². The summed E-state index contributed by atoms with van der Waals surface area (Å²) in [6, 6.07) is 0. The van der Waals surface area contributed by atoms with Crippen molar-refractivity contribution in [2.24, 2.45) is 5.92 Å². The Bertz CT molecular complexity index is 337. The molecule has 1 N–H and O–H groups in total. The van der Waals surface area contributed by atoms with E-state index >= 15 is 0 Å². The minimum absolute atomic E-state index is 0.639. The molecule has 0 radical (unpaired) electrons. The monoisotopic (exact) mass is 270 g/mol. The standard InChI is InChI=1S/C13H22N2O2S/c1-2-14-7-13-15-12(10-18-13)9-17-8-11-3-5-16-6-4-11/h10-11,14H,2-9H2,1H3. The van der Waals surface area contributed by atoms with Crippen LogP contribution in [0.2, 0.25) is 0 Å². The Hall–Kier alpha value is -0.490. The largest absolute Gasteiger partial charge is 0.381 e. The van der Waals surface area contributed by atoms with Crippen molar-refractivity contribution in [3.63, 3.8) is 0 Å². The van der Waals surface area contributed by atoms with Crippen molar-refractivity contribution in [3.8, 4) is 0 Å². The van der Waals surface area contributed by atoms with Crippen molar-refractivity contribution in [1.82, 2.24) is 10.3 Å². The van der Waals surface area contributed by atoms with E-state index in [-0.39, 0.29) is 0 Å². The molecule has 0 spiro atoms. The van der Waals surface area contributed by atoms with Crippen LogP contribution in [0.4, 0.5) is 0 Å². The lowest BCUT2D eigenvalue weighted by Crippen LogP contribution is -2.20. The van der Waals surface area contributed by atoms with Gasteiger partial charge in [0.05, 0.1) is 18.9 Å². The van der Waals surface area contributed by atoms with Crippen LogP contribution >= 0.6 is 11.3 Å². The molecule has 0 aliphatic carbocycles. The number of thiazole rings is 1. The van der Waals surface area contributed by atoms with E-state index in [4.69, 9.17) is 9.47 Å². The van der Waals surface area contributed by atoms with E-state index in [2.05, 4.69) is 22.6 Å². The maximum atomic E-state index is 5.75. The van der Waals surface area contributed by atoms with E-state index in [9.17, 15) is 0 Å². The minimum Gasteiger partial charge on any atom is -0.381 e. The summed E-state index contributed by atoms with van der Waals surface area (Å²) in [5.74, 6) is 0.665. The average Bonchev–Trinajstić information content (AvgIpc) is 2.85. The van der Waals surface area contributed by atoms with Crippen LogP contribution in [0.3, 0.4) is 0 Å². The van der Waals surface area contributed by atoms with Gasteiger partial charge in [-0.15, -0.1) is 11.3 Å². The SMILES string of the molecule is CCNCc1nc(COCC2CCOCC2)cs1. The lowest BCUT2D eigenvalue weighted by molar-refractivity contribution is 0.0151. The Morgan fingerprint density at radius 2 is 2.33 bits per heavy atom. The summed E-state index contributed by atoms with van der Waals surface area (Å²) in [6.45, 7) is 7.19. The molecule has 1 aromatic heterocycles. The smallest absolute Gasteiger partial charge is 0.107 e. The van der Waals surface area contributed by atoms with Crippen LogP contribution in [0.1, 0.15) is 30.5 Å². The summed E-state index contributed by atoms with van der Waals surface area (Å²) < 4.78 is 11.1. The molecule has 1 saturated heterocycles. The molecule has 1 aliphatic rings. The van der Waals surface area contributed by atoms with E-state index in [0.29, 0.717) is 12.5 Å². The van der Waals surface area contributed by atoms with Gasteiger partial charge in [0.15, 0.2) is 0 Å². The van der Waals surface area contributed by atoms with Crippen molar-refractivity contribution >= 4 is 11.3 Å². The number of hydrogen-bond acceptors (Lipinski definition) is 5. The molecule has 1 fully saturated rings. The molecule has 18 heavy (non-hydrogen) atoms. The van der Waals surface area contributed by atoms with E-state index in [1.807, 2.05) is 0 Å². The number of nitrogens with zero attached hydrogens (tertiary/aromatic N) is 1. The van der Waals surface area contributed by atoms with E-state index in [1.165, 1.54) is 0 Å². The molecule has 0 aromatic carbocycles. The molecule has 2 rings (SSSR count). The van der Waals surface area contributed by atoms with Gasteiger partial charge in [0.25, 0.3) is 0 Å². The third-order valence-corrected chi connectivity index (χ3v) is 3.97. The minimum atomic E-state index is 0.639. The van der Waals surface area contributed by atoms with Gasteiger partial charge in [-0.1, -0.05) is 6.92 Å². The quantitative estimate of drug-likeness (QED) is 0.825. The lowest BCUT2D eigenvalue weighted by Gasteiger charge is -2.21. The Labute approximate surface area is 113 Å². The fraction of sp³-hybridized carbons (Fsp3) is 0.769. The molecule has 0 bridgehead atoms. The topological polar surface area (TPSA) is 43.4 Å².